The molecule has 0 spiro atoms. The molecule has 51 heavy (non-hydrogen) atoms. The van der Waals surface area contributed by atoms with Crippen molar-refractivity contribution in [2.45, 2.75) is 45.1 Å². The molecular formula is C37H35F2N7O5. The number of benzene rings is 2. The number of hydrogen-bond donors (Lipinski definition) is 2. The van der Waals surface area contributed by atoms with Crippen LogP contribution >= 0.6 is 0 Å². The summed E-state index contributed by atoms with van der Waals surface area (Å²) in [6, 6.07) is 17.8. The molecule has 0 radical (unpaired) electrons. The lowest BCUT2D eigenvalue weighted by molar-refractivity contribution is 0.0745. The Morgan fingerprint density at radius 2 is 1.73 bits per heavy atom. The van der Waals surface area contributed by atoms with Gasteiger partial charge in [0.1, 0.15) is 18.4 Å². The van der Waals surface area contributed by atoms with E-state index in [0.29, 0.717) is 29.9 Å². The minimum Gasteiger partial charge on any atom is -0.474 e. The van der Waals surface area contributed by atoms with Crippen molar-refractivity contribution in [2.24, 2.45) is 11.8 Å². The average molecular weight is 696 g/mol. The number of amides is 2. The summed E-state index contributed by atoms with van der Waals surface area (Å²) in [5.41, 5.74) is 1.58. The van der Waals surface area contributed by atoms with Crippen LogP contribution in [0.4, 0.5) is 13.6 Å². The van der Waals surface area contributed by atoms with Crippen LogP contribution in [0, 0.1) is 23.5 Å². The molecule has 4 atom stereocenters. The zero-order valence-corrected chi connectivity index (χ0v) is 28.0. The number of carbonyl (C=O) groups is 2. The third-order valence-electron chi connectivity index (χ3n) is 9.15. The van der Waals surface area contributed by atoms with Crippen LogP contribution < -0.4 is 10.1 Å². The number of rotatable bonds is 10. The Labute approximate surface area is 292 Å². The van der Waals surface area contributed by atoms with Crippen LogP contribution in [0.25, 0.3) is 17.2 Å². The highest BCUT2D eigenvalue weighted by Crippen LogP contribution is 2.48. The molecular weight excluding hydrogens is 660 g/mol. The van der Waals surface area contributed by atoms with Gasteiger partial charge in [-0.2, -0.15) is 5.10 Å². The Hall–Kier alpha value is -5.76. The fourth-order valence-corrected chi connectivity index (χ4v) is 6.31. The number of alkyl carbamates (subject to hydrolysis) is 1. The third-order valence-corrected chi connectivity index (χ3v) is 9.15. The van der Waals surface area contributed by atoms with Gasteiger partial charge in [0.25, 0.3) is 5.91 Å². The number of ether oxygens (including phenoxy) is 2. The van der Waals surface area contributed by atoms with Gasteiger partial charge in [-0.15, -0.1) is 0 Å². The van der Waals surface area contributed by atoms with E-state index in [1.807, 2.05) is 30.3 Å². The standard InChI is InChI=1S/C37H35F2N7O5/c1-21(47)32-27(19-46(44-32)35-40-12-7-13-41-35)34(48)45-17-25-26(18-45)33(25)51-31-16-24(15-30(42-31)23-10-11-28(38)29(39)14-23)37(2,3)43-36(49)50-20-22-8-5-4-6-9-22/h4-16,19,21,25-26,33,47H,17-18,20H2,1-3H3,(H,43,49)/t21?,25-,26+,33?. The summed E-state index contributed by atoms with van der Waals surface area (Å²) in [6.45, 7) is 6.02. The lowest BCUT2D eigenvalue weighted by Crippen LogP contribution is -2.41. The van der Waals surface area contributed by atoms with Gasteiger partial charge in [-0.3, -0.25) is 4.79 Å². The van der Waals surface area contributed by atoms with Crippen LogP contribution in [0.3, 0.4) is 0 Å². The molecule has 2 N–H and O–H groups in total. The van der Waals surface area contributed by atoms with Gasteiger partial charge in [0, 0.05) is 55.1 Å². The summed E-state index contributed by atoms with van der Waals surface area (Å²) < 4.78 is 41.3. The van der Waals surface area contributed by atoms with Gasteiger partial charge in [0.2, 0.25) is 11.8 Å². The molecule has 2 unspecified atom stereocenters. The molecule has 14 heteroatoms. The minimum atomic E-state index is -1.02. The van der Waals surface area contributed by atoms with Gasteiger partial charge < -0.3 is 24.8 Å². The molecule has 2 aliphatic rings. The Morgan fingerprint density at radius 3 is 2.41 bits per heavy atom. The molecule has 0 bridgehead atoms. The van der Waals surface area contributed by atoms with Crippen molar-refractivity contribution in [1.29, 1.82) is 0 Å². The first-order chi connectivity index (χ1) is 24.5. The van der Waals surface area contributed by atoms with Gasteiger partial charge in [0.05, 0.1) is 22.9 Å². The van der Waals surface area contributed by atoms with Crippen molar-refractivity contribution in [3.8, 4) is 23.1 Å². The first-order valence-corrected chi connectivity index (χ1v) is 16.4. The summed E-state index contributed by atoms with van der Waals surface area (Å²) >= 11 is 0. The summed E-state index contributed by atoms with van der Waals surface area (Å²) in [5.74, 6) is -1.73. The molecule has 1 aliphatic carbocycles. The minimum absolute atomic E-state index is 0.0210. The average Bonchev–Trinajstić information content (AvgIpc) is 3.45. The zero-order chi connectivity index (χ0) is 35.9. The second-order valence-electron chi connectivity index (χ2n) is 13.2. The summed E-state index contributed by atoms with van der Waals surface area (Å²) in [7, 11) is 0. The SMILES string of the molecule is CC(O)c1nn(-c2ncccn2)cc1C(=O)N1C[C@@H]2C(Oc3cc(C(C)(C)NC(=O)OCc4ccccc4)cc(-c4ccc(F)c(F)c4)n3)[C@@H]2C1. The Bertz CT molecular complexity index is 2060. The molecule has 2 fully saturated rings. The van der Waals surface area contributed by atoms with E-state index in [0.717, 1.165) is 17.7 Å². The van der Waals surface area contributed by atoms with E-state index in [4.69, 9.17) is 9.47 Å². The van der Waals surface area contributed by atoms with E-state index in [9.17, 15) is 23.5 Å². The number of aromatic nitrogens is 5. The molecule has 5 aromatic rings. The highest BCUT2D eigenvalue weighted by molar-refractivity contribution is 5.95. The van der Waals surface area contributed by atoms with Crippen molar-refractivity contribution in [2.75, 3.05) is 13.1 Å². The van der Waals surface area contributed by atoms with Crippen LogP contribution in [0.15, 0.2) is 85.3 Å². The second-order valence-corrected chi connectivity index (χ2v) is 13.2. The molecule has 1 saturated carbocycles. The molecule has 2 aromatic carbocycles. The molecule has 4 heterocycles. The molecule has 2 amide bonds. The summed E-state index contributed by atoms with van der Waals surface area (Å²) in [5, 5.41) is 17.6. The topological polar surface area (TPSA) is 145 Å². The molecule has 1 saturated heterocycles. The third kappa shape index (κ3) is 7.13. The first-order valence-electron chi connectivity index (χ1n) is 16.4. The molecule has 7 rings (SSSR count). The summed E-state index contributed by atoms with van der Waals surface area (Å²) in [6.07, 6.45) is 2.77. The van der Waals surface area contributed by atoms with Crippen molar-refractivity contribution in [3.63, 3.8) is 0 Å². The summed E-state index contributed by atoms with van der Waals surface area (Å²) in [4.78, 5) is 41.2. The lowest BCUT2D eigenvalue weighted by Gasteiger charge is -2.27. The highest BCUT2D eigenvalue weighted by Gasteiger charge is 2.59. The van der Waals surface area contributed by atoms with Crippen molar-refractivity contribution in [1.82, 2.24) is 34.9 Å². The molecule has 12 nitrogen and oxygen atoms in total. The maximum atomic E-state index is 14.3. The molecule has 3 aromatic heterocycles. The highest BCUT2D eigenvalue weighted by atomic mass is 19.2. The number of hydrogen-bond acceptors (Lipinski definition) is 9. The first kappa shape index (κ1) is 33.7. The number of nitrogens with zero attached hydrogens (tertiary/aromatic N) is 6. The van der Waals surface area contributed by atoms with E-state index >= 15 is 0 Å². The van der Waals surface area contributed by atoms with Crippen molar-refractivity contribution < 1.29 is 33.0 Å². The number of pyridine rings is 1. The van der Waals surface area contributed by atoms with Gasteiger partial charge in [-0.1, -0.05) is 30.3 Å². The predicted molar refractivity (Wildman–Crippen MR) is 179 cm³/mol. The van der Waals surface area contributed by atoms with Crippen LogP contribution in [0.1, 0.15) is 54.1 Å². The Kier molecular flexibility index (Phi) is 8.93. The van der Waals surface area contributed by atoms with Gasteiger partial charge in [-0.25, -0.2) is 33.2 Å². The number of aliphatic hydroxyl groups is 1. The van der Waals surface area contributed by atoms with Crippen LogP contribution in [-0.4, -0.2) is 65.9 Å². The normalized spacial score (nSPS) is 18.5. The van der Waals surface area contributed by atoms with Crippen LogP contribution in [-0.2, 0) is 16.9 Å². The maximum absolute atomic E-state index is 14.3. The van der Waals surface area contributed by atoms with E-state index in [2.05, 4.69) is 25.4 Å². The van der Waals surface area contributed by atoms with Gasteiger partial charge in [0.15, 0.2) is 11.6 Å². The smallest absolute Gasteiger partial charge is 0.408 e. The monoisotopic (exact) mass is 695 g/mol. The Morgan fingerprint density at radius 1 is 1.00 bits per heavy atom. The number of carbonyl (C=O) groups excluding carboxylic acids is 2. The van der Waals surface area contributed by atoms with Gasteiger partial charge in [-0.05, 0) is 62.2 Å². The van der Waals surface area contributed by atoms with E-state index < -0.39 is 29.4 Å². The van der Waals surface area contributed by atoms with Gasteiger partial charge >= 0.3 is 6.09 Å². The Balaban J connectivity index is 1.07. The zero-order valence-electron chi connectivity index (χ0n) is 28.0. The van der Waals surface area contributed by atoms with E-state index in [-0.39, 0.29) is 53.5 Å². The van der Waals surface area contributed by atoms with Crippen molar-refractivity contribution in [3.05, 3.63) is 119 Å². The number of fused-ring (bicyclic) bond motifs is 1. The maximum Gasteiger partial charge on any atom is 0.408 e. The van der Waals surface area contributed by atoms with Crippen molar-refractivity contribution >= 4 is 12.0 Å². The number of aliphatic hydroxyl groups excluding tert-OH is 1. The number of piperidine rings is 1. The number of halogens is 2. The van der Waals surface area contributed by atoms with Crippen LogP contribution in [0.5, 0.6) is 5.88 Å². The fourth-order valence-electron chi connectivity index (χ4n) is 6.31. The predicted octanol–water partition coefficient (Wildman–Crippen LogP) is 5.37. The number of likely N-dealkylation sites (tertiary alicyclic amines) is 1. The largest absolute Gasteiger partial charge is 0.474 e. The van der Waals surface area contributed by atoms with E-state index in [1.165, 1.54) is 16.9 Å². The van der Waals surface area contributed by atoms with Crippen LogP contribution in [0.2, 0.25) is 0 Å². The quantitative estimate of drug-likeness (QED) is 0.197. The fraction of sp³-hybridized carbons (Fsp3) is 0.297. The molecule has 262 valence electrons. The molecule has 1 aliphatic heterocycles. The number of nitrogens with one attached hydrogen (secondary N) is 1. The van der Waals surface area contributed by atoms with E-state index in [1.54, 1.807) is 56.3 Å². The lowest BCUT2D eigenvalue weighted by atomic mass is 9.93. The second kappa shape index (κ2) is 13.5.